The van der Waals surface area contributed by atoms with Gasteiger partial charge < -0.3 is 14.6 Å². The highest BCUT2D eigenvalue weighted by Gasteiger charge is 2.11. The molecule has 150 valence electrons. The summed E-state index contributed by atoms with van der Waals surface area (Å²) in [5, 5.41) is 7.49. The van der Waals surface area contributed by atoms with Gasteiger partial charge in [-0.1, -0.05) is 65.3 Å². The van der Waals surface area contributed by atoms with Gasteiger partial charge in [0.25, 0.3) is 11.8 Å². The van der Waals surface area contributed by atoms with Crippen molar-refractivity contribution < 1.29 is 14.1 Å². The van der Waals surface area contributed by atoms with Gasteiger partial charge in [0, 0.05) is 22.7 Å². The van der Waals surface area contributed by atoms with E-state index in [1.54, 1.807) is 24.3 Å². The summed E-state index contributed by atoms with van der Waals surface area (Å²) in [4.78, 5) is 16.5. The van der Waals surface area contributed by atoms with E-state index in [1.807, 2.05) is 54.6 Å². The fraction of sp³-hybridized carbons (Fsp3) is 0.0870. The zero-order chi connectivity index (χ0) is 20.8. The summed E-state index contributed by atoms with van der Waals surface area (Å²) in [5.41, 5.74) is 2.54. The molecule has 1 amide bonds. The average molecular weight is 420 g/mol. The first-order valence-corrected chi connectivity index (χ1v) is 9.69. The largest absolute Gasteiger partial charge is 0.484 e. The van der Waals surface area contributed by atoms with Crippen LogP contribution in [0.1, 0.15) is 5.56 Å². The second-order valence-corrected chi connectivity index (χ2v) is 6.95. The van der Waals surface area contributed by atoms with Crippen LogP contribution in [-0.4, -0.2) is 22.7 Å². The van der Waals surface area contributed by atoms with Crippen molar-refractivity contribution in [2.75, 3.05) is 6.61 Å². The summed E-state index contributed by atoms with van der Waals surface area (Å²) >= 11 is 5.86. The number of hydrogen-bond donors (Lipinski definition) is 1. The molecule has 0 radical (unpaired) electrons. The molecule has 0 saturated heterocycles. The lowest BCUT2D eigenvalue weighted by Gasteiger charge is -2.08. The van der Waals surface area contributed by atoms with Crippen molar-refractivity contribution in [1.29, 1.82) is 0 Å². The number of amides is 1. The standard InChI is InChI=1S/C23H18ClN3O3/c24-19-11-9-16(10-12-19)14-25-21(28)15-29-20-8-4-7-18(13-20)23-26-22(27-30-23)17-5-2-1-3-6-17/h1-13H,14-15H2,(H,25,28). The van der Waals surface area contributed by atoms with Crippen LogP contribution in [0.25, 0.3) is 22.8 Å². The number of carbonyl (C=O) groups is 1. The monoisotopic (exact) mass is 419 g/mol. The maximum atomic E-state index is 12.1. The van der Waals surface area contributed by atoms with Gasteiger partial charge in [-0.05, 0) is 35.9 Å². The van der Waals surface area contributed by atoms with Crippen LogP contribution in [0, 0.1) is 0 Å². The molecule has 1 N–H and O–H groups in total. The predicted molar refractivity (Wildman–Crippen MR) is 114 cm³/mol. The molecule has 1 aromatic heterocycles. The van der Waals surface area contributed by atoms with Gasteiger partial charge in [-0.2, -0.15) is 4.98 Å². The zero-order valence-corrected chi connectivity index (χ0v) is 16.7. The van der Waals surface area contributed by atoms with Gasteiger partial charge in [-0.15, -0.1) is 0 Å². The van der Waals surface area contributed by atoms with Crippen LogP contribution in [0.4, 0.5) is 0 Å². The minimum atomic E-state index is -0.223. The van der Waals surface area contributed by atoms with E-state index < -0.39 is 0 Å². The topological polar surface area (TPSA) is 77.2 Å². The lowest BCUT2D eigenvalue weighted by Crippen LogP contribution is -2.28. The Labute approximate surface area is 178 Å². The summed E-state index contributed by atoms with van der Waals surface area (Å²) in [6.45, 7) is 0.305. The third kappa shape index (κ3) is 5.04. The molecule has 0 aliphatic heterocycles. The van der Waals surface area contributed by atoms with E-state index in [-0.39, 0.29) is 12.5 Å². The summed E-state index contributed by atoms with van der Waals surface area (Å²) in [7, 11) is 0. The van der Waals surface area contributed by atoms with Gasteiger partial charge in [-0.3, -0.25) is 4.79 Å². The van der Waals surface area contributed by atoms with E-state index in [4.69, 9.17) is 20.9 Å². The Hall–Kier alpha value is -3.64. The molecule has 0 spiro atoms. The minimum Gasteiger partial charge on any atom is -0.484 e. The molecule has 4 aromatic rings. The van der Waals surface area contributed by atoms with E-state index in [2.05, 4.69) is 15.5 Å². The molecule has 0 unspecified atom stereocenters. The Morgan fingerprint density at radius 2 is 1.73 bits per heavy atom. The Bertz CT molecular complexity index is 1130. The molecule has 0 saturated carbocycles. The first-order chi connectivity index (χ1) is 14.7. The highest BCUT2D eigenvalue weighted by Crippen LogP contribution is 2.25. The summed E-state index contributed by atoms with van der Waals surface area (Å²) < 4.78 is 11.0. The Morgan fingerprint density at radius 1 is 0.967 bits per heavy atom. The maximum absolute atomic E-state index is 12.1. The van der Waals surface area contributed by atoms with E-state index in [0.717, 1.165) is 11.1 Å². The van der Waals surface area contributed by atoms with Crippen LogP contribution in [0.2, 0.25) is 5.02 Å². The van der Waals surface area contributed by atoms with E-state index in [1.165, 1.54) is 0 Å². The Morgan fingerprint density at radius 3 is 2.53 bits per heavy atom. The average Bonchev–Trinajstić information content (AvgIpc) is 3.29. The lowest BCUT2D eigenvalue weighted by molar-refractivity contribution is -0.123. The molecule has 7 heteroatoms. The number of aromatic nitrogens is 2. The lowest BCUT2D eigenvalue weighted by atomic mass is 10.2. The number of nitrogens with zero attached hydrogens (tertiary/aromatic N) is 2. The van der Waals surface area contributed by atoms with E-state index >= 15 is 0 Å². The number of hydrogen-bond acceptors (Lipinski definition) is 5. The molecule has 0 bridgehead atoms. The Balaban J connectivity index is 1.35. The number of nitrogens with one attached hydrogen (secondary N) is 1. The molecule has 0 atom stereocenters. The second kappa shape index (κ2) is 9.24. The number of ether oxygens (including phenoxy) is 1. The van der Waals surface area contributed by atoms with E-state index in [0.29, 0.717) is 34.6 Å². The first-order valence-electron chi connectivity index (χ1n) is 9.31. The molecule has 0 fully saturated rings. The van der Waals surface area contributed by atoms with Crippen LogP contribution in [0.5, 0.6) is 5.75 Å². The van der Waals surface area contributed by atoms with Crippen LogP contribution >= 0.6 is 11.6 Å². The predicted octanol–water partition coefficient (Wildman–Crippen LogP) is 4.75. The van der Waals surface area contributed by atoms with Crippen molar-refractivity contribution in [3.63, 3.8) is 0 Å². The molecular weight excluding hydrogens is 402 g/mol. The zero-order valence-electron chi connectivity index (χ0n) is 15.9. The quantitative estimate of drug-likeness (QED) is 0.467. The molecule has 0 aliphatic carbocycles. The molecule has 6 nitrogen and oxygen atoms in total. The normalized spacial score (nSPS) is 10.6. The van der Waals surface area contributed by atoms with Crippen molar-refractivity contribution in [2.24, 2.45) is 0 Å². The molecule has 30 heavy (non-hydrogen) atoms. The van der Waals surface area contributed by atoms with Gasteiger partial charge in [-0.25, -0.2) is 0 Å². The number of rotatable bonds is 7. The third-order valence-electron chi connectivity index (χ3n) is 4.31. The molecule has 3 aromatic carbocycles. The van der Waals surface area contributed by atoms with Crippen molar-refractivity contribution in [3.8, 4) is 28.6 Å². The van der Waals surface area contributed by atoms with Gasteiger partial charge in [0.1, 0.15) is 5.75 Å². The van der Waals surface area contributed by atoms with Crippen molar-refractivity contribution in [2.45, 2.75) is 6.54 Å². The van der Waals surface area contributed by atoms with Crippen LogP contribution in [0.3, 0.4) is 0 Å². The van der Waals surface area contributed by atoms with Crippen molar-refractivity contribution >= 4 is 17.5 Å². The third-order valence-corrected chi connectivity index (χ3v) is 4.56. The molecule has 1 heterocycles. The van der Waals surface area contributed by atoms with Crippen molar-refractivity contribution in [3.05, 3.63) is 89.4 Å². The summed E-state index contributed by atoms with van der Waals surface area (Å²) in [6.07, 6.45) is 0. The highest BCUT2D eigenvalue weighted by molar-refractivity contribution is 6.30. The summed E-state index contributed by atoms with van der Waals surface area (Å²) in [6, 6.07) is 24.1. The fourth-order valence-electron chi connectivity index (χ4n) is 2.77. The van der Waals surface area contributed by atoms with E-state index in [9.17, 15) is 4.79 Å². The van der Waals surface area contributed by atoms with Crippen molar-refractivity contribution in [1.82, 2.24) is 15.5 Å². The Kier molecular flexibility index (Phi) is 6.06. The van der Waals surface area contributed by atoms with Gasteiger partial charge in [0.05, 0.1) is 0 Å². The van der Waals surface area contributed by atoms with Crippen LogP contribution in [0.15, 0.2) is 83.4 Å². The molecule has 0 aliphatic rings. The number of carbonyl (C=O) groups excluding carboxylic acids is 1. The number of halogens is 1. The second-order valence-electron chi connectivity index (χ2n) is 6.51. The number of benzene rings is 3. The smallest absolute Gasteiger partial charge is 0.258 e. The fourth-order valence-corrected chi connectivity index (χ4v) is 2.89. The van der Waals surface area contributed by atoms with Crippen LogP contribution < -0.4 is 10.1 Å². The van der Waals surface area contributed by atoms with Gasteiger partial charge in [0.2, 0.25) is 5.82 Å². The first kappa shape index (κ1) is 19.7. The minimum absolute atomic E-state index is 0.101. The SMILES string of the molecule is O=C(COc1cccc(-c2nc(-c3ccccc3)no2)c1)NCc1ccc(Cl)cc1. The van der Waals surface area contributed by atoms with Crippen LogP contribution in [-0.2, 0) is 11.3 Å². The highest BCUT2D eigenvalue weighted by atomic mass is 35.5. The summed E-state index contributed by atoms with van der Waals surface area (Å²) in [5.74, 6) is 1.21. The maximum Gasteiger partial charge on any atom is 0.258 e. The van der Waals surface area contributed by atoms with Gasteiger partial charge >= 0.3 is 0 Å². The molecule has 4 rings (SSSR count). The molecular formula is C23H18ClN3O3. The van der Waals surface area contributed by atoms with Gasteiger partial charge in [0.15, 0.2) is 6.61 Å².